The summed E-state index contributed by atoms with van der Waals surface area (Å²) in [6.45, 7) is 2.76. The lowest BCUT2D eigenvalue weighted by atomic mass is 9.82. The van der Waals surface area contributed by atoms with Crippen molar-refractivity contribution in [3.63, 3.8) is 0 Å². The number of aliphatic hydroxyl groups is 1. The van der Waals surface area contributed by atoms with Crippen LogP contribution in [0.15, 0.2) is 48.5 Å². The van der Waals surface area contributed by atoms with Crippen LogP contribution in [-0.2, 0) is 0 Å². The van der Waals surface area contributed by atoms with Gasteiger partial charge in [-0.2, -0.15) is 0 Å². The van der Waals surface area contributed by atoms with E-state index in [9.17, 15) is 10.2 Å². The molecule has 1 aliphatic rings. The van der Waals surface area contributed by atoms with Crippen molar-refractivity contribution in [3.8, 4) is 11.5 Å². The SMILES string of the molecule is CCC(COc1ccc(C2CCCC(O)C2)c(O)c1)c1ccccc1. The number of rotatable bonds is 6. The molecule has 0 radical (unpaired) electrons. The highest BCUT2D eigenvalue weighted by atomic mass is 16.5. The molecule has 1 fully saturated rings. The first-order valence-electron chi connectivity index (χ1n) is 9.36. The third-order valence-corrected chi connectivity index (χ3v) is 5.30. The molecular formula is C22H28O3. The average Bonchev–Trinajstić information content (AvgIpc) is 2.63. The molecule has 2 N–H and O–H groups in total. The molecule has 0 spiro atoms. The lowest BCUT2D eigenvalue weighted by molar-refractivity contribution is 0.119. The zero-order valence-electron chi connectivity index (χ0n) is 14.9. The summed E-state index contributed by atoms with van der Waals surface area (Å²) in [6.07, 6.45) is 4.41. The van der Waals surface area contributed by atoms with E-state index in [0.717, 1.165) is 37.7 Å². The molecule has 2 aromatic rings. The van der Waals surface area contributed by atoms with E-state index in [2.05, 4.69) is 31.2 Å². The van der Waals surface area contributed by atoms with Crippen molar-refractivity contribution < 1.29 is 14.9 Å². The highest BCUT2D eigenvalue weighted by Crippen LogP contribution is 2.38. The van der Waals surface area contributed by atoms with Crippen molar-refractivity contribution in [1.29, 1.82) is 0 Å². The summed E-state index contributed by atoms with van der Waals surface area (Å²) < 4.78 is 5.95. The molecule has 0 amide bonds. The maximum Gasteiger partial charge on any atom is 0.123 e. The summed E-state index contributed by atoms with van der Waals surface area (Å²) in [7, 11) is 0. The fraction of sp³-hybridized carbons (Fsp3) is 0.455. The maximum atomic E-state index is 10.4. The third kappa shape index (κ3) is 4.55. The van der Waals surface area contributed by atoms with Crippen LogP contribution in [0.1, 0.15) is 62.0 Å². The van der Waals surface area contributed by atoms with Crippen LogP contribution in [0.4, 0.5) is 0 Å². The van der Waals surface area contributed by atoms with Gasteiger partial charge in [0.1, 0.15) is 11.5 Å². The lowest BCUT2D eigenvalue weighted by Gasteiger charge is -2.26. The standard InChI is InChI=1S/C22H28O3/c1-2-16(17-7-4-3-5-8-17)15-25-20-11-12-21(22(24)14-20)18-9-6-10-19(23)13-18/h3-5,7-8,11-12,14,16,18-19,23-24H,2,6,9-10,13,15H2,1H3. The van der Waals surface area contributed by atoms with Crippen LogP contribution in [0.25, 0.3) is 0 Å². The van der Waals surface area contributed by atoms with Gasteiger partial charge in [0.05, 0.1) is 12.7 Å². The van der Waals surface area contributed by atoms with Gasteiger partial charge in [-0.25, -0.2) is 0 Å². The predicted molar refractivity (Wildman–Crippen MR) is 100 cm³/mol. The maximum absolute atomic E-state index is 10.4. The molecule has 3 nitrogen and oxygen atoms in total. The van der Waals surface area contributed by atoms with Gasteiger partial charge in [0.25, 0.3) is 0 Å². The molecule has 3 rings (SSSR count). The van der Waals surface area contributed by atoms with Gasteiger partial charge in [0.15, 0.2) is 0 Å². The highest BCUT2D eigenvalue weighted by molar-refractivity contribution is 5.42. The van der Waals surface area contributed by atoms with Crippen LogP contribution in [-0.4, -0.2) is 22.9 Å². The molecule has 0 bridgehead atoms. The Morgan fingerprint density at radius 2 is 1.92 bits per heavy atom. The smallest absolute Gasteiger partial charge is 0.123 e. The molecular weight excluding hydrogens is 312 g/mol. The Balaban J connectivity index is 1.64. The summed E-state index contributed by atoms with van der Waals surface area (Å²) in [4.78, 5) is 0. The second kappa shape index (κ2) is 8.39. The number of phenols is 1. The zero-order chi connectivity index (χ0) is 17.6. The van der Waals surface area contributed by atoms with E-state index < -0.39 is 0 Å². The molecule has 0 saturated heterocycles. The minimum atomic E-state index is -0.245. The molecule has 3 atom stereocenters. The van der Waals surface area contributed by atoms with Gasteiger partial charge in [0.2, 0.25) is 0 Å². The molecule has 25 heavy (non-hydrogen) atoms. The highest BCUT2D eigenvalue weighted by Gasteiger charge is 2.24. The topological polar surface area (TPSA) is 49.7 Å². The summed E-state index contributed by atoms with van der Waals surface area (Å²) in [5, 5.41) is 20.3. The van der Waals surface area contributed by atoms with Gasteiger partial charge in [-0.1, -0.05) is 49.7 Å². The Kier molecular flexibility index (Phi) is 5.98. The first kappa shape index (κ1) is 17.8. The molecule has 0 heterocycles. The fourth-order valence-electron chi connectivity index (χ4n) is 3.78. The van der Waals surface area contributed by atoms with Gasteiger partial charge in [-0.05, 0) is 48.8 Å². The van der Waals surface area contributed by atoms with Crippen molar-refractivity contribution in [3.05, 3.63) is 59.7 Å². The number of benzene rings is 2. The van der Waals surface area contributed by atoms with Crippen molar-refractivity contribution in [2.24, 2.45) is 0 Å². The van der Waals surface area contributed by atoms with Crippen molar-refractivity contribution in [2.45, 2.75) is 57.0 Å². The summed E-state index contributed by atoms with van der Waals surface area (Å²) in [5.74, 6) is 1.57. The zero-order valence-corrected chi connectivity index (χ0v) is 14.9. The number of ether oxygens (including phenoxy) is 1. The van der Waals surface area contributed by atoms with Crippen molar-refractivity contribution in [1.82, 2.24) is 0 Å². The lowest BCUT2D eigenvalue weighted by Crippen LogP contribution is -2.18. The van der Waals surface area contributed by atoms with E-state index in [1.807, 2.05) is 18.2 Å². The number of phenolic OH excluding ortho intramolecular Hbond substituents is 1. The number of aromatic hydroxyl groups is 1. The van der Waals surface area contributed by atoms with Crippen molar-refractivity contribution >= 4 is 0 Å². The molecule has 0 aliphatic heterocycles. The fourth-order valence-corrected chi connectivity index (χ4v) is 3.78. The minimum absolute atomic E-state index is 0.241. The van der Waals surface area contributed by atoms with Gasteiger partial charge in [0, 0.05) is 12.0 Å². The molecule has 3 heteroatoms. The quantitative estimate of drug-likeness (QED) is 0.779. The molecule has 134 valence electrons. The first-order valence-corrected chi connectivity index (χ1v) is 9.36. The van der Waals surface area contributed by atoms with Crippen LogP contribution in [0, 0.1) is 0 Å². The van der Waals surface area contributed by atoms with Gasteiger partial charge in [-0.15, -0.1) is 0 Å². The van der Waals surface area contributed by atoms with Gasteiger partial charge >= 0.3 is 0 Å². The number of hydrogen-bond donors (Lipinski definition) is 2. The van der Waals surface area contributed by atoms with Crippen molar-refractivity contribution in [2.75, 3.05) is 6.61 Å². The molecule has 1 saturated carbocycles. The van der Waals surface area contributed by atoms with Crippen LogP contribution in [0.2, 0.25) is 0 Å². The Labute approximate surface area is 150 Å². The Hall–Kier alpha value is -2.00. The minimum Gasteiger partial charge on any atom is -0.508 e. The second-order valence-electron chi connectivity index (χ2n) is 7.06. The Bertz CT molecular complexity index is 668. The summed E-state index contributed by atoms with van der Waals surface area (Å²) >= 11 is 0. The van der Waals surface area contributed by atoms with E-state index in [1.165, 1.54) is 5.56 Å². The van der Waals surface area contributed by atoms with Gasteiger partial charge in [-0.3, -0.25) is 0 Å². The normalized spacial score (nSPS) is 21.7. The Morgan fingerprint density at radius 3 is 2.60 bits per heavy atom. The number of aliphatic hydroxyl groups excluding tert-OH is 1. The van der Waals surface area contributed by atoms with Crippen LogP contribution in [0.3, 0.4) is 0 Å². The van der Waals surface area contributed by atoms with E-state index in [0.29, 0.717) is 18.3 Å². The van der Waals surface area contributed by atoms with E-state index in [4.69, 9.17) is 4.74 Å². The molecule has 0 aromatic heterocycles. The first-order chi connectivity index (χ1) is 12.2. The van der Waals surface area contributed by atoms with E-state index in [1.54, 1.807) is 6.07 Å². The van der Waals surface area contributed by atoms with Crippen LogP contribution < -0.4 is 4.74 Å². The summed E-state index contributed by atoms with van der Waals surface area (Å²) in [5.41, 5.74) is 2.21. The number of hydrogen-bond acceptors (Lipinski definition) is 3. The average molecular weight is 340 g/mol. The second-order valence-corrected chi connectivity index (χ2v) is 7.06. The monoisotopic (exact) mass is 340 g/mol. The Morgan fingerprint density at radius 1 is 1.12 bits per heavy atom. The summed E-state index contributed by atoms with van der Waals surface area (Å²) in [6, 6.07) is 16.0. The van der Waals surface area contributed by atoms with Crippen LogP contribution >= 0.6 is 0 Å². The molecule has 1 aliphatic carbocycles. The van der Waals surface area contributed by atoms with E-state index >= 15 is 0 Å². The van der Waals surface area contributed by atoms with Gasteiger partial charge < -0.3 is 14.9 Å². The van der Waals surface area contributed by atoms with Crippen LogP contribution in [0.5, 0.6) is 11.5 Å². The molecule has 3 unspecified atom stereocenters. The predicted octanol–water partition coefficient (Wildman–Crippen LogP) is 4.98. The third-order valence-electron chi connectivity index (χ3n) is 5.30. The van der Waals surface area contributed by atoms with E-state index in [-0.39, 0.29) is 17.8 Å². The largest absolute Gasteiger partial charge is 0.508 e. The molecule has 2 aromatic carbocycles.